The largest absolute Gasteiger partial charge is 0.354 e. The third-order valence-electron chi connectivity index (χ3n) is 4.42. The van der Waals surface area contributed by atoms with E-state index >= 15 is 0 Å². The second kappa shape index (κ2) is 9.86. The number of hydrogen-bond donors (Lipinski definition) is 1. The molecule has 0 saturated carbocycles. The molecule has 1 unspecified atom stereocenters. The number of benzene rings is 2. The molecule has 4 nitrogen and oxygen atoms in total. The Balaban J connectivity index is 2.20. The Labute approximate surface area is 160 Å². The SMILES string of the molecule is CCCNC(=O)C(C)N(Cc1ccc(F)cc1)C(=O)Cc1cccc(C)c1. The molecule has 1 N–H and O–H groups in total. The Morgan fingerprint density at radius 3 is 2.44 bits per heavy atom. The molecule has 27 heavy (non-hydrogen) atoms. The number of nitrogens with one attached hydrogen (secondary N) is 1. The van der Waals surface area contributed by atoms with Crippen LogP contribution in [0.15, 0.2) is 48.5 Å². The fourth-order valence-corrected chi connectivity index (χ4v) is 2.86. The highest BCUT2D eigenvalue weighted by molar-refractivity contribution is 5.88. The van der Waals surface area contributed by atoms with Crippen molar-refractivity contribution < 1.29 is 14.0 Å². The van der Waals surface area contributed by atoms with E-state index in [-0.39, 0.29) is 30.6 Å². The Hall–Kier alpha value is -2.69. The molecule has 5 heteroatoms. The fourth-order valence-electron chi connectivity index (χ4n) is 2.86. The van der Waals surface area contributed by atoms with Crippen molar-refractivity contribution in [2.24, 2.45) is 0 Å². The van der Waals surface area contributed by atoms with Gasteiger partial charge in [-0.2, -0.15) is 0 Å². The lowest BCUT2D eigenvalue weighted by Gasteiger charge is -2.29. The van der Waals surface area contributed by atoms with Crippen LogP contribution in [0.4, 0.5) is 4.39 Å². The molecule has 1 atom stereocenters. The number of halogens is 1. The summed E-state index contributed by atoms with van der Waals surface area (Å²) in [7, 11) is 0. The second-order valence-corrected chi connectivity index (χ2v) is 6.78. The van der Waals surface area contributed by atoms with Gasteiger partial charge in [-0.1, -0.05) is 48.9 Å². The molecule has 0 aliphatic heterocycles. The summed E-state index contributed by atoms with van der Waals surface area (Å²) in [5.41, 5.74) is 2.77. The van der Waals surface area contributed by atoms with Gasteiger partial charge in [0.2, 0.25) is 11.8 Å². The van der Waals surface area contributed by atoms with E-state index in [2.05, 4.69) is 5.32 Å². The average Bonchev–Trinajstić information content (AvgIpc) is 2.65. The molecule has 2 rings (SSSR count). The molecular formula is C22H27FN2O2. The van der Waals surface area contributed by atoms with Crippen molar-refractivity contribution in [2.45, 2.75) is 46.2 Å². The average molecular weight is 370 g/mol. The quantitative estimate of drug-likeness (QED) is 0.772. The highest BCUT2D eigenvalue weighted by Gasteiger charge is 2.26. The first-order valence-corrected chi connectivity index (χ1v) is 9.28. The van der Waals surface area contributed by atoms with E-state index in [1.165, 1.54) is 12.1 Å². The van der Waals surface area contributed by atoms with Crippen LogP contribution < -0.4 is 5.32 Å². The van der Waals surface area contributed by atoms with Crippen molar-refractivity contribution in [1.29, 1.82) is 0 Å². The van der Waals surface area contributed by atoms with Gasteiger partial charge in [0.25, 0.3) is 0 Å². The number of nitrogens with zero attached hydrogens (tertiary/aromatic N) is 1. The Bertz CT molecular complexity index is 774. The van der Waals surface area contributed by atoms with Crippen LogP contribution in [-0.2, 0) is 22.6 Å². The van der Waals surface area contributed by atoms with Gasteiger partial charge in [-0.05, 0) is 43.5 Å². The van der Waals surface area contributed by atoms with Crippen molar-refractivity contribution in [3.05, 3.63) is 71.0 Å². The smallest absolute Gasteiger partial charge is 0.242 e. The predicted molar refractivity (Wildman–Crippen MR) is 105 cm³/mol. The minimum Gasteiger partial charge on any atom is -0.354 e. The van der Waals surface area contributed by atoms with Crippen LogP contribution in [0.2, 0.25) is 0 Å². The van der Waals surface area contributed by atoms with E-state index < -0.39 is 6.04 Å². The number of amides is 2. The Kier molecular flexibility index (Phi) is 7.53. The molecule has 2 aromatic rings. The van der Waals surface area contributed by atoms with Gasteiger partial charge in [0, 0.05) is 13.1 Å². The Morgan fingerprint density at radius 1 is 1.11 bits per heavy atom. The molecule has 0 saturated heterocycles. The van der Waals surface area contributed by atoms with Gasteiger partial charge in [-0.15, -0.1) is 0 Å². The van der Waals surface area contributed by atoms with Gasteiger partial charge in [0.1, 0.15) is 11.9 Å². The van der Waals surface area contributed by atoms with Crippen molar-refractivity contribution in [3.63, 3.8) is 0 Å². The summed E-state index contributed by atoms with van der Waals surface area (Å²) in [5.74, 6) is -0.647. The summed E-state index contributed by atoms with van der Waals surface area (Å²) in [6, 6.07) is 13.2. The molecular weight excluding hydrogens is 343 g/mol. The van der Waals surface area contributed by atoms with E-state index in [4.69, 9.17) is 0 Å². The van der Waals surface area contributed by atoms with Crippen molar-refractivity contribution in [3.8, 4) is 0 Å². The minimum absolute atomic E-state index is 0.135. The van der Waals surface area contributed by atoms with Crippen LogP contribution in [0.1, 0.15) is 37.0 Å². The van der Waals surface area contributed by atoms with Gasteiger partial charge in [-0.25, -0.2) is 4.39 Å². The number of carbonyl (C=O) groups is 2. The van der Waals surface area contributed by atoms with Crippen LogP contribution in [0, 0.1) is 12.7 Å². The maximum atomic E-state index is 13.2. The van der Waals surface area contributed by atoms with Gasteiger partial charge in [-0.3, -0.25) is 9.59 Å². The maximum absolute atomic E-state index is 13.2. The number of carbonyl (C=O) groups excluding carboxylic acids is 2. The molecule has 0 bridgehead atoms. The minimum atomic E-state index is -0.612. The van der Waals surface area contributed by atoms with Crippen LogP contribution >= 0.6 is 0 Å². The third-order valence-corrected chi connectivity index (χ3v) is 4.42. The summed E-state index contributed by atoms with van der Waals surface area (Å²) < 4.78 is 13.2. The summed E-state index contributed by atoms with van der Waals surface area (Å²) in [4.78, 5) is 27.0. The van der Waals surface area contributed by atoms with Crippen LogP contribution in [0.5, 0.6) is 0 Å². The molecule has 2 amide bonds. The normalized spacial score (nSPS) is 11.7. The zero-order valence-electron chi connectivity index (χ0n) is 16.2. The summed E-state index contributed by atoms with van der Waals surface area (Å²) in [6.45, 7) is 6.50. The van der Waals surface area contributed by atoms with Crippen LogP contribution in [0.25, 0.3) is 0 Å². The first-order valence-electron chi connectivity index (χ1n) is 9.28. The lowest BCUT2D eigenvalue weighted by Crippen LogP contribution is -2.48. The first-order chi connectivity index (χ1) is 12.9. The highest BCUT2D eigenvalue weighted by Crippen LogP contribution is 2.14. The molecule has 2 aromatic carbocycles. The first kappa shape index (κ1) is 20.6. The van der Waals surface area contributed by atoms with Gasteiger partial charge in [0.15, 0.2) is 0 Å². The van der Waals surface area contributed by atoms with Crippen LogP contribution in [-0.4, -0.2) is 29.3 Å². The molecule has 0 aromatic heterocycles. The van der Waals surface area contributed by atoms with Crippen molar-refractivity contribution in [2.75, 3.05) is 6.54 Å². The van der Waals surface area contributed by atoms with E-state index in [9.17, 15) is 14.0 Å². The zero-order valence-corrected chi connectivity index (χ0v) is 16.2. The van der Waals surface area contributed by atoms with E-state index in [1.54, 1.807) is 24.0 Å². The molecule has 0 fully saturated rings. The monoisotopic (exact) mass is 370 g/mol. The van der Waals surface area contributed by atoms with E-state index in [1.807, 2.05) is 38.1 Å². The summed E-state index contributed by atoms with van der Waals surface area (Å²) >= 11 is 0. The summed E-state index contributed by atoms with van der Waals surface area (Å²) in [6.07, 6.45) is 1.04. The Morgan fingerprint density at radius 2 is 1.81 bits per heavy atom. The van der Waals surface area contributed by atoms with Gasteiger partial charge in [0.05, 0.1) is 6.42 Å². The molecule has 0 spiro atoms. The van der Waals surface area contributed by atoms with Crippen molar-refractivity contribution in [1.82, 2.24) is 10.2 Å². The number of aryl methyl sites for hydroxylation is 1. The van der Waals surface area contributed by atoms with E-state index in [0.717, 1.165) is 23.1 Å². The lowest BCUT2D eigenvalue weighted by molar-refractivity contribution is -0.140. The standard InChI is InChI=1S/C22H27FN2O2/c1-4-12-24-22(27)17(3)25(15-18-8-10-20(23)11-9-18)21(26)14-19-7-5-6-16(2)13-19/h5-11,13,17H,4,12,14-15H2,1-3H3,(H,24,27). The van der Waals surface area contributed by atoms with Gasteiger partial charge >= 0.3 is 0 Å². The van der Waals surface area contributed by atoms with Gasteiger partial charge < -0.3 is 10.2 Å². The highest BCUT2D eigenvalue weighted by atomic mass is 19.1. The number of rotatable bonds is 8. The van der Waals surface area contributed by atoms with Crippen molar-refractivity contribution >= 4 is 11.8 Å². The fraction of sp³-hybridized carbons (Fsp3) is 0.364. The molecule has 0 aliphatic carbocycles. The zero-order chi connectivity index (χ0) is 19.8. The summed E-state index contributed by atoms with van der Waals surface area (Å²) in [5, 5.41) is 2.84. The lowest BCUT2D eigenvalue weighted by atomic mass is 10.1. The number of hydrogen-bond acceptors (Lipinski definition) is 2. The van der Waals surface area contributed by atoms with E-state index in [0.29, 0.717) is 6.54 Å². The molecule has 0 radical (unpaired) electrons. The predicted octanol–water partition coefficient (Wildman–Crippen LogP) is 3.62. The maximum Gasteiger partial charge on any atom is 0.242 e. The second-order valence-electron chi connectivity index (χ2n) is 6.78. The van der Waals surface area contributed by atoms with Crippen LogP contribution in [0.3, 0.4) is 0 Å². The molecule has 144 valence electrons. The topological polar surface area (TPSA) is 49.4 Å². The third kappa shape index (κ3) is 6.20. The molecule has 0 aliphatic rings. The molecule has 0 heterocycles.